The maximum absolute atomic E-state index is 10.8. The highest BCUT2D eigenvalue weighted by atomic mass is 35.5. The second-order valence-electron chi connectivity index (χ2n) is 2.59. The molecule has 0 aliphatic rings. The summed E-state index contributed by atoms with van der Waals surface area (Å²) in [5, 5.41) is 3.22. The summed E-state index contributed by atoms with van der Waals surface area (Å²) in [6, 6.07) is 4.75. The monoisotopic (exact) mass is 247 g/mol. The lowest BCUT2D eigenvalue weighted by molar-refractivity contribution is -0.119. The standard InChI is InChI=1S/C8H7Cl2N3O2/c9-6-2-1-5(3-7(6)10)12-13-8(14)4-11-15/h1-3,12H,4H2,(H,13,14). The molecule has 1 aromatic carbocycles. The van der Waals surface area contributed by atoms with E-state index in [2.05, 4.69) is 16.0 Å². The van der Waals surface area contributed by atoms with Gasteiger partial charge >= 0.3 is 0 Å². The van der Waals surface area contributed by atoms with Gasteiger partial charge in [-0.05, 0) is 18.2 Å². The van der Waals surface area contributed by atoms with Crippen LogP contribution in [0.3, 0.4) is 0 Å². The highest BCUT2D eigenvalue weighted by Crippen LogP contribution is 2.24. The predicted octanol–water partition coefficient (Wildman–Crippen LogP) is 2.20. The average Bonchev–Trinajstić information content (AvgIpc) is 2.20. The van der Waals surface area contributed by atoms with Crippen LogP contribution >= 0.6 is 23.2 Å². The number of halogens is 2. The average molecular weight is 248 g/mol. The summed E-state index contributed by atoms with van der Waals surface area (Å²) in [7, 11) is 0. The molecule has 1 rings (SSSR count). The van der Waals surface area contributed by atoms with Crippen LogP contribution in [-0.2, 0) is 4.79 Å². The number of hydrogen-bond donors (Lipinski definition) is 2. The summed E-state index contributed by atoms with van der Waals surface area (Å²) in [6.45, 7) is -0.436. The van der Waals surface area contributed by atoms with Crippen LogP contribution in [0.1, 0.15) is 0 Å². The number of nitroso groups, excluding NO2 is 1. The van der Waals surface area contributed by atoms with Gasteiger partial charge in [0.2, 0.25) is 0 Å². The molecule has 7 heteroatoms. The van der Waals surface area contributed by atoms with E-state index in [1.807, 2.05) is 0 Å². The summed E-state index contributed by atoms with van der Waals surface area (Å²) >= 11 is 11.4. The van der Waals surface area contributed by atoms with Crippen molar-refractivity contribution in [2.45, 2.75) is 0 Å². The van der Waals surface area contributed by atoms with Crippen molar-refractivity contribution in [1.82, 2.24) is 5.43 Å². The van der Waals surface area contributed by atoms with E-state index in [0.29, 0.717) is 15.7 Å². The molecule has 0 aromatic heterocycles. The lowest BCUT2D eigenvalue weighted by atomic mass is 10.3. The third-order valence-electron chi connectivity index (χ3n) is 1.47. The van der Waals surface area contributed by atoms with Crippen molar-refractivity contribution in [3.63, 3.8) is 0 Å². The van der Waals surface area contributed by atoms with E-state index in [1.54, 1.807) is 18.2 Å². The van der Waals surface area contributed by atoms with E-state index in [0.717, 1.165) is 0 Å². The number of nitrogens with one attached hydrogen (secondary N) is 2. The first-order valence-electron chi connectivity index (χ1n) is 3.92. The molecule has 5 nitrogen and oxygen atoms in total. The van der Waals surface area contributed by atoms with Gasteiger partial charge in [-0.25, -0.2) is 0 Å². The number of benzene rings is 1. The third-order valence-corrected chi connectivity index (χ3v) is 2.21. The van der Waals surface area contributed by atoms with Gasteiger partial charge in [-0.2, -0.15) is 4.91 Å². The number of anilines is 1. The Kier molecular flexibility index (Phi) is 4.33. The van der Waals surface area contributed by atoms with Crippen LogP contribution in [0.5, 0.6) is 0 Å². The highest BCUT2D eigenvalue weighted by Gasteiger charge is 2.01. The molecular weight excluding hydrogens is 241 g/mol. The van der Waals surface area contributed by atoms with E-state index in [-0.39, 0.29) is 0 Å². The molecule has 1 amide bonds. The van der Waals surface area contributed by atoms with Crippen molar-refractivity contribution >= 4 is 34.8 Å². The third kappa shape index (κ3) is 3.73. The molecule has 15 heavy (non-hydrogen) atoms. The Hall–Kier alpha value is -1.33. The second kappa shape index (κ2) is 5.53. The summed E-state index contributed by atoms with van der Waals surface area (Å²) in [5.41, 5.74) is 5.38. The summed E-state index contributed by atoms with van der Waals surface area (Å²) < 4.78 is 0. The summed E-state index contributed by atoms with van der Waals surface area (Å²) in [5.74, 6) is -0.531. The number of hydrazine groups is 1. The van der Waals surface area contributed by atoms with Crippen molar-refractivity contribution in [2.24, 2.45) is 5.18 Å². The molecule has 0 heterocycles. The first kappa shape index (κ1) is 11.7. The van der Waals surface area contributed by atoms with E-state index in [1.165, 1.54) is 0 Å². The van der Waals surface area contributed by atoms with Crippen molar-refractivity contribution in [3.8, 4) is 0 Å². The molecule has 0 fully saturated rings. The number of carbonyl (C=O) groups is 1. The minimum atomic E-state index is -0.531. The van der Waals surface area contributed by atoms with Gasteiger partial charge < -0.3 is 0 Å². The van der Waals surface area contributed by atoms with Crippen molar-refractivity contribution < 1.29 is 4.79 Å². The zero-order valence-electron chi connectivity index (χ0n) is 7.46. The van der Waals surface area contributed by atoms with Crippen LogP contribution in [0.2, 0.25) is 10.0 Å². The topological polar surface area (TPSA) is 70.6 Å². The Labute approximate surface area is 95.7 Å². The maximum Gasteiger partial charge on any atom is 0.263 e. The number of carbonyl (C=O) groups excluding carboxylic acids is 1. The van der Waals surface area contributed by atoms with Gasteiger partial charge in [0, 0.05) is 0 Å². The number of hydrogen-bond acceptors (Lipinski definition) is 4. The summed E-state index contributed by atoms with van der Waals surface area (Å²) in [4.78, 5) is 20.6. The molecule has 2 N–H and O–H groups in total. The maximum atomic E-state index is 10.8. The Morgan fingerprint density at radius 1 is 1.33 bits per heavy atom. The van der Waals surface area contributed by atoms with Gasteiger partial charge in [-0.3, -0.25) is 15.6 Å². The first-order valence-corrected chi connectivity index (χ1v) is 4.68. The molecule has 0 aliphatic carbocycles. The lowest BCUT2D eigenvalue weighted by Gasteiger charge is -2.07. The van der Waals surface area contributed by atoms with E-state index >= 15 is 0 Å². The minimum Gasteiger partial charge on any atom is -0.299 e. The molecule has 0 aliphatic heterocycles. The van der Waals surface area contributed by atoms with Gasteiger partial charge in [0.25, 0.3) is 5.91 Å². The quantitative estimate of drug-likeness (QED) is 0.633. The van der Waals surface area contributed by atoms with E-state index in [9.17, 15) is 9.70 Å². The molecule has 0 bridgehead atoms. The Morgan fingerprint density at radius 3 is 2.67 bits per heavy atom. The van der Waals surface area contributed by atoms with Crippen molar-refractivity contribution in [1.29, 1.82) is 0 Å². The van der Waals surface area contributed by atoms with Crippen LogP contribution in [0.4, 0.5) is 5.69 Å². The van der Waals surface area contributed by atoms with Gasteiger partial charge in [0.1, 0.15) is 0 Å². The Morgan fingerprint density at radius 2 is 2.07 bits per heavy atom. The van der Waals surface area contributed by atoms with Crippen LogP contribution in [0, 0.1) is 4.91 Å². The van der Waals surface area contributed by atoms with Crippen molar-refractivity contribution in [3.05, 3.63) is 33.2 Å². The minimum absolute atomic E-state index is 0.365. The molecule has 80 valence electrons. The van der Waals surface area contributed by atoms with Gasteiger partial charge in [0.15, 0.2) is 6.54 Å². The molecular formula is C8H7Cl2N3O2. The SMILES string of the molecule is O=NCC(=O)NNc1ccc(Cl)c(Cl)c1. The molecule has 0 saturated carbocycles. The number of nitrogens with zero attached hydrogens (tertiary/aromatic N) is 1. The molecule has 0 unspecified atom stereocenters. The molecule has 0 saturated heterocycles. The normalized spacial score (nSPS) is 9.47. The summed E-state index contributed by atoms with van der Waals surface area (Å²) in [6.07, 6.45) is 0. The number of rotatable bonds is 4. The molecule has 1 aromatic rings. The smallest absolute Gasteiger partial charge is 0.263 e. The zero-order valence-corrected chi connectivity index (χ0v) is 8.97. The van der Waals surface area contributed by atoms with E-state index in [4.69, 9.17) is 23.2 Å². The molecule has 0 spiro atoms. The molecule has 0 radical (unpaired) electrons. The van der Waals surface area contributed by atoms with Gasteiger partial charge in [-0.15, -0.1) is 0 Å². The molecule has 0 atom stereocenters. The van der Waals surface area contributed by atoms with Gasteiger partial charge in [-0.1, -0.05) is 28.4 Å². The fourth-order valence-electron chi connectivity index (χ4n) is 0.814. The van der Waals surface area contributed by atoms with Crippen LogP contribution in [0.15, 0.2) is 23.4 Å². The lowest BCUT2D eigenvalue weighted by Crippen LogP contribution is -2.31. The highest BCUT2D eigenvalue weighted by molar-refractivity contribution is 6.42. The fourth-order valence-corrected chi connectivity index (χ4v) is 1.11. The van der Waals surface area contributed by atoms with Crippen molar-refractivity contribution in [2.75, 3.05) is 12.0 Å². The number of amides is 1. The Bertz CT molecular complexity index is 384. The van der Waals surface area contributed by atoms with Crippen LogP contribution in [-0.4, -0.2) is 12.5 Å². The predicted molar refractivity (Wildman–Crippen MR) is 58.9 cm³/mol. The Balaban J connectivity index is 2.54. The van der Waals surface area contributed by atoms with Gasteiger partial charge in [0.05, 0.1) is 15.7 Å². The first-order chi connectivity index (χ1) is 7.13. The fraction of sp³-hybridized carbons (Fsp3) is 0.125. The van der Waals surface area contributed by atoms with Crippen LogP contribution < -0.4 is 10.9 Å². The second-order valence-corrected chi connectivity index (χ2v) is 3.40. The largest absolute Gasteiger partial charge is 0.299 e. The van der Waals surface area contributed by atoms with E-state index < -0.39 is 12.5 Å². The van der Waals surface area contributed by atoms with Crippen LogP contribution in [0.25, 0.3) is 0 Å². The zero-order chi connectivity index (χ0) is 11.3.